The van der Waals surface area contributed by atoms with Crippen LogP contribution in [0.5, 0.6) is 0 Å². The SMILES string of the molecule is [As].[Cd].[Cr].[Ni].[Pb]. The van der Waals surface area contributed by atoms with Crippen molar-refractivity contribution in [2.45, 2.75) is 0 Å². The average molecular weight is 505 g/mol. The maximum Gasteiger partial charge on any atom is 0 e. The van der Waals surface area contributed by atoms with Crippen LogP contribution in [-0.2, 0) is 61.2 Å². The summed E-state index contributed by atoms with van der Waals surface area (Å²) < 4.78 is 0. The van der Waals surface area contributed by atoms with E-state index in [-0.39, 0.29) is 106 Å². The Hall–Kier alpha value is 3.43. The Balaban J connectivity index is 0. The van der Waals surface area contributed by atoms with Gasteiger partial charge in [0.1, 0.15) is 0 Å². The van der Waals surface area contributed by atoms with Crippen LogP contribution in [0, 0.1) is 0 Å². The third-order valence-corrected chi connectivity index (χ3v) is 0. The molecule has 7 radical (unpaired) electrons. The predicted molar refractivity (Wildman–Crippen MR) is 11.5 cm³/mol. The molecule has 0 N–H and O–H groups in total. The first-order valence-corrected chi connectivity index (χ1v) is 0. The van der Waals surface area contributed by atoms with Gasteiger partial charge in [0.15, 0.2) is 0 Å². The van der Waals surface area contributed by atoms with E-state index in [9.17, 15) is 0 Å². The van der Waals surface area contributed by atoms with Gasteiger partial charge in [-0.1, -0.05) is 0 Å². The van der Waals surface area contributed by atoms with Crippen LogP contribution in [0.15, 0.2) is 0 Å². The summed E-state index contributed by atoms with van der Waals surface area (Å²) in [6, 6.07) is 0. The molecule has 0 saturated carbocycles. The third-order valence-electron chi connectivity index (χ3n) is 0. The molecule has 0 aliphatic heterocycles. The summed E-state index contributed by atoms with van der Waals surface area (Å²) in [5, 5.41) is 0. The van der Waals surface area contributed by atoms with E-state index >= 15 is 0 Å². The van der Waals surface area contributed by atoms with Crippen molar-refractivity contribution < 1.29 is 61.2 Å². The van der Waals surface area contributed by atoms with Crippen LogP contribution < -0.4 is 0 Å². The standard InChI is InChI=1S/As.Cd.Cr.Ni.Pb. The van der Waals surface area contributed by atoms with E-state index in [1.54, 1.807) is 0 Å². The molecule has 0 rings (SSSR count). The molecule has 0 aromatic rings. The largest absolute Gasteiger partial charge is 0 e. The van der Waals surface area contributed by atoms with Crippen molar-refractivity contribution in [1.29, 1.82) is 0 Å². The second-order valence-corrected chi connectivity index (χ2v) is 0. The molecule has 0 bridgehead atoms. The van der Waals surface area contributed by atoms with Gasteiger partial charge in [0.05, 0.1) is 0 Å². The first-order valence-electron chi connectivity index (χ1n) is 0. The Bertz CT molecular complexity index is 11.6. The summed E-state index contributed by atoms with van der Waals surface area (Å²) in [5.41, 5.74) is 0. The van der Waals surface area contributed by atoms with Crippen molar-refractivity contribution >= 4 is 45.3 Å². The Kier molecular flexibility index (Phi) is 207. The summed E-state index contributed by atoms with van der Waals surface area (Å²) in [6.07, 6.45) is 0. The molecular weight excluding hydrogens is 505 g/mol. The van der Waals surface area contributed by atoms with E-state index in [0.717, 1.165) is 0 Å². The molecule has 0 spiro atoms. The van der Waals surface area contributed by atoms with Gasteiger partial charge < -0.3 is 0 Å². The minimum atomic E-state index is 0. The first kappa shape index (κ1) is 39.6. The van der Waals surface area contributed by atoms with Crippen molar-refractivity contribution in [1.82, 2.24) is 0 Å². The Morgan fingerprint density at radius 1 is 1.00 bits per heavy atom. The molecule has 5 heavy (non-hydrogen) atoms. The normalized spacial score (nSPS) is 0. The number of rotatable bonds is 0. The molecule has 0 unspecified atom stereocenters. The van der Waals surface area contributed by atoms with Crippen LogP contribution in [0.1, 0.15) is 0 Å². The van der Waals surface area contributed by atoms with Crippen molar-refractivity contribution in [3.8, 4) is 0 Å². The van der Waals surface area contributed by atoms with Gasteiger partial charge in [-0.2, -0.15) is 0 Å². The van der Waals surface area contributed by atoms with Gasteiger partial charge in [-0.15, -0.1) is 0 Å². The van der Waals surface area contributed by atoms with Crippen molar-refractivity contribution in [3.05, 3.63) is 0 Å². The van der Waals surface area contributed by atoms with Gasteiger partial charge in [0.2, 0.25) is 0 Å². The Morgan fingerprint density at radius 2 is 1.00 bits per heavy atom. The van der Waals surface area contributed by atoms with E-state index in [2.05, 4.69) is 0 Å². The van der Waals surface area contributed by atoms with Gasteiger partial charge in [-0.3, -0.25) is 0 Å². The summed E-state index contributed by atoms with van der Waals surface area (Å²) in [4.78, 5) is 0. The molecule has 0 nitrogen and oxygen atoms in total. The molecule has 0 atom stereocenters. The molecule has 0 aromatic carbocycles. The second kappa shape index (κ2) is 26.1. The zero-order valence-electron chi connectivity index (χ0n) is 2.38. The fraction of sp³-hybridized carbons (Fsp3) is 0. The average Bonchev–Trinajstić information content (AvgIpc) is 0. The topological polar surface area (TPSA) is 0 Å². The maximum atomic E-state index is 0. The summed E-state index contributed by atoms with van der Waals surface area (Å²) in [5.74, 6) is 0. The molecule has 0 amide bonds. The molecule has 0 aliphatic carbocycles. The Morgan fingerprint density at radius 3 is 1.00 bits per heavy atom. The first-order chi connectivity index (χ1) is 0. The van der Waals surface area contributed by atoms with Crippen molar-refractivity contribution in [2.24, 2.45) is 0 Å². The van der Waals surface area contributed by atoms with E-state index in [1.807, 2.05) is 0 Å². The van der Waals surface area contributed by atoms with E-state index in [4.69, 9.17) is 0 Å². The third kappa shape index (κ3) is 18.6. The molecule has 0 heterocycles. The van der Waals surface area contributed by atoms with Crippen LogP contribution in [0.3, 0.4) is 0 Å². The van der Waals surface area contributed by atoms with E-state index in [1.165, 1.54) is 0 Å². The van der Waals surface area contributed by atoms with Crippen molar-refractivity contribution in [2.75, 3.05) is 0 Å². The number of hydrogen-bond donors (Lipinski definition) is 0. The monoisotopic (exact) mass is 507 g/mol. The molecule has 0 aliphatic rings. The predicted octanol–water partition coefficient (Wildman–Crippen LogP) is -0.769. The molecule has 0 aromatic heterocycles. The zero-order chi connectivity index (χ0) is 0. The summed E-state index contributed by atoms with van der Waals surface area (Å²) >= 11 is 0. The van der Waals surface area contributed by atoms with Crippen LogP contribution in [0.2, 0.25) is 0 Å². The fourth-order valence-electron chi connectivity index (χ4n) is 0. The van der Waals surface area contributed by atoms with Gasteiger partial charge in [0, 0.05) is 106 Å². The van der Waals surface area contributed by atoms with Crippen molar-refractivity contribution in [3.63, 3.8) is 0 Å². The van der Waals surface area contributed by atoms with E-state index < -0.39 is 0 Å². The molecule has 27 valence electrons. The van der Waals surface area contributed by atoms with Crippen LogP contribution in [0.25, 0.3) is 0 Å². The molecule has 5 heteroatoms. The molecular formula is AsCdCrNiPb. The minimum absolute atomic E-state index is 0. The maximum absolute atomic E-state index is 0. The minimum Gasteiger partial charge on any atom is 0 e. The number of hydrogen-bond acceptors (Lipinski definition) is 0. The van der Waals surface area contributed by atoms with Crippen LogP contribution in [-0.4, -0.2) is 45.3 Å². The second-order valence-electron chi connectivity index (χ2n) is 0. The summed E-state index contributed by atoms with van der Waals surface area (Å²) in [7, 11) is 0. The summed E-state index contributed by atoms with van der Waals surface area (Å²) in [6.45, 7) is 0. The van der Waals surface area contributed by atoms with Gasteiger partial charge >= 0.3 is 0 Å². The molecule has 0 saturated heterocycles. The molecule has 0 fully saturated rings. The van der Waals surface area contributed by atoms with Crippen LogP contribution >= 0.6 is 0 Å². The smallest absolute Gasteiger partial charge is 0 e. The van der Waals surface area contributed by atoms with Crippen LogP contribution in [0.4, 0.5) is 0 Å². The van der Waals surface area contributed by atoms with Gasteiger partial charge in [-0.05, 0) is 0 Å². The quantitative estimate of drug-likeness (QED) is 0.380. The zero-order valence-corrected chi connectivity index (χ0v) is 14.4. The van der Waals surface area contributed by atoms with E-state index in [0.29, 0.717) is 0 Å². The Labute approximate surface area is 104 Å². The fourth-order valence-corrected chi connectivity index (χ4v) is 0. The van der Waals surface area contributed by atoms with Gasteiger partial charge in [0.25, 0.3) is 0 Å². The van der Waals surface area contributed by atoms with Gasteiger partial charge in [-0.25, -0.2) is 0 Å².